The lowest BCUT2D eigenvalue weighted by molar-refractivity contribution is 0.177. The Hall–Kier alpha value is -0.700. The fourth-order valence-corrected chi connectivity index (χ4v) is 2.68. The van der Waals surface area contributed by atoms with Gasteiger partial charge in [0.2, 0.25) is 0 Å². The Morgan fingerprint density at radius 3 is 3.00 bits per heavy atom. The third kappa shape index (κ3) is 3.14. The van der Waals surface area contributed by atoms with Crippen molar-refractivity contribution in [3.8, 4) is 11.5 Å². The third-order valence-corrected chi connectivity index (χ3v) is 3.66. The number of rotatable bonds is 5. The van der Waals surface area contributed by atoms with E-state index in [-0.39, 0.29) is 0 Å². The van der Waals surface area contributed by atoms with Gasteiger partial charge in [-0.1, -0.05) is 26.2 Å². The molecule has 0 aliphatic carbocycles. The maximum Gasteiger partial charge on any atom is 0.172 e. The normalized spacial score (nSPS) is 19.4. The molecule has 0 bridgehead atoms. The molecular formula is C13H20O2S. The molecule has 0 spiro atoms. The van der Waals surface area contributed by atoms with Crippen LogP contribution < -0.4 is 9.47 Å². The molecule has 1 aliphatic heterocycles. The van der Waals surface area contributed by atoms with Gasteiger partial charge in [-0.15, -0.1) is 11.3 Å². The van der Waals surface area contributed by atoms with E-state index in [1.807, 2.05) is 10.8 Å². The largest absolute Gasteiger partial charge is 0.489 e. The summed E-state index contributed by atoms with van der Waals surface area (Å²) in [6.07, 6.45) is 7.78. The fourth-order valence-electron chi connectivity index (χ4n) is 2.01. The van der Waals surface area contributed by atoms with Gasteiger partial charge in [0, 0.05) is 17.2 Å². The van der Waals surface area contributed by atoms with Gasteiger partial charge in [0.05, 0.1) is 6.61 Å². The van der Waals surface area contributed by atoms with Crippen molar-refractivity contribution < 1.29 is 9.47 Å². The molecule has 16 heavy (non-hydrogen) atoms. The van der Waals surface area contributed by atoms with Crippen molar-refractivity contribution in [2.24, 2.45) is 0 Å². The number of hydrogen-bond acceptors (Lipinski definition) is 3. The first-order valence-corrected chi connectivity index (χ1v) is 7.20. The van der Waals surface area contributed by atoms with Crippen LogP contribution in [0.5, 0.6) is 11.5 Å². The summed E-state index contributed by atoms with van der Waals surface area (Å²) in [6, 6.07) is 0. The quantitative estimate of drug-likeness (QED) is 0.716. The number of unbranched alkanes of at least 4 members (excludes halogenated alkanes) is 3. The Balaban J connectivity index is 1.79. The van der Waals surface area contributed by atoms with Crippen LogP contribution in [0.15, 0.2) is 10.8 Å². The summed E-state index contributed by atoms with van der Waals surface area (Å²) in [6.45, 7) is 3.04. The molecule has 0 N–H and O–H groups in total. The highest BCUT2D eigenvalue weighted by Gasteiger charge is 2.18. The van der Waals surface area contributed by atoms with Crippen LogP contribution >= 0.6 is 11.3 Å². The van der Waals surface area contributed by atoms with Gasteiger partial charge in [-0.05, 0) is 12.8 Å². The van der Waals surface area contributed by atoms with Crippen molar-refractivity contribution in [3.05, 3.63) is 10.8 Å². The van der Waals surface area contributed by atoms with Crippen LogP contribution in [0.3, 0.4) is 0 Å². The van der Waals surface area contributed by atoms with Crippen molar-refractivity contribution >= 4 is 11.3 Å². The van der Waals surface area contributed by atoms with Crippen molar-refractivity contribution in [2.45, 2.75) is 51.6 Å². The number of ether oxygens (including phenoxy) is 2. The lowest BCUT2D eigenvalue weighted by Gasteiger charge is -2.14. The highest BCUT2D eigenvalue weighted by molar-refractivity contribution is 7.08. The number of hydrogen-bond donors (Lipinski definition) is 0. The predicted octanol–water partition coefficient (Wildman–Crippen LogP) is 4.25. The molecule has 1 unspecified atom stereocenters. The second-order valence-corrected chi connectivity index (χ2v) is 5.07. The fraction of sp³-hybridized carbons (Fsp3) is 0.692. The molecule has 2 rings (SSSR count). The van der Waals surface area contributed by atoms with E-state index in [2.05, 4.69) is 6.92 Å². The van der Waals surface area contributed by atoms with Gasteiger partial charge in [-0.3, -0.25) is 0 Å². The van der Waals surface area contributed by atoms with E-state index in [0.29, 0.717) is 6.10 Å². The zero-order valence-corrected chi connectivity index (χ0v) is 10.7. The molecule has 3 heteroatoms. The molecule has 0 saturated heterocycles. The average molecular weight is 240 g/mol. The summed E-state index contributed by atoms with van der Waals surface area (Å²) >= 11 is 1.65. The Bertz CT molecular complexity index is 309. The SMILES string of the molecule is CCCCCCC1CCOc2cscc2O1. The Morgan fingerprint density at radius 2 is 2.12 bits per heavy atom. The Labute approximate surface area is 102 Å². The molecule has 0 radical (unpaired) electrons. The van der Waals surface area contributed by atoms with Crippen LogP contribution in [0.4, 0.5) is 0 Å². The molecule has 2 nitrogen and oxygen atoms in total. The van der Waals surface area contributed by atoms with Gasteiger partial charge in [0.1, 0.15) is 6.10 Å². The van der Waals surface area contributed by atoms with Gasteiger partial charge in [0.25, 0.3) is 0 Å². The van der Waals surface area contributed by atoms with Gasteiger partial charge in [0.15, 0.2) is 11.5 Å². The minimum absolute atomic E-state index is 0.354. The molecule has 0 fully saturated rings. The van der Waals surface area contributed by atoms with Crippen LogP contribution in [0.1, 0.15) is 45.4 Å². The topological polar surface area (TPSA) is 18.5 Å². The number of fused-ring (bicyclic) bond motifs is 1. The van der Waals surface area contributed by atoms with Gasteiger partial charge in [-0.2, -0.15) is 0 Å². The van der Waals surface area contributed by atoms with E-state index in [9.17, 15) is 0 Å². The highest BCUT2D eigenvalue weighted by atomic mass is 32.1. The minimum atomic E-state index is 0.354. The van der Waals surface area contributed by atoms with Crippen LogP contribution in [-0.2, 0) is 0 Å². The summed E-state index contributed by atoms with van der Waals surface area (Å²) in [5.41, 5.74) is 0. The lowest BCUT2D eigenvalue weighted by Crippen LogP contribution is -2.16. The smallest absolute Gasteiger partial charge is 0.172 e. The molecule has 1 aliphatic rings. The molecule has 1 atom stereocenters. The first-order valence-electron chi connectivity index (χ1n) is 6.25. The van der Waals surface area contributed by atoms with E-state index in [1.54, 1.807) is 11.3 Å². The third-order valence-electron chi connectivity index (χ3n) is 2.96. The molecule has 1 aromatic heterocycles. The first-order chi connectivity index (χ1) is 7.90. The summed E-state index contributed by atoms with van der Waals surface area (Å²) in [7, 11) is 0. The molecule has 2 heterocycles. The van der Waals surface area contributed by atoms with Crippen molar-refractivity contribution in [2.75, 3.05) is 6.61 Å². The van der Waals surface area contributed by atoms with Gasteiger partial charge in [-0.25, -0.2) is 0 Å². The van der Waals surface area contributed by atoms with Crippen molar-refractivity contribution in [3.63, 3.8) is 0 Å². The number of thiophene rings is 1. The van der Waals surface area contributed by atoms with Crippen molar-refractivity contribution in [1.29, 1.82) is 0 Å². The predicted molar refractivity (Wildman–Crippen MR) is 67.6 cm³/mol. The van der Waals surface area contributed by atoms with Crippen LogP contribution in [0, 0.1) is 0 Å². The Kier molecular flexibility index (Phi) is 4.52. The minimum Gasteiger partial charge on any atom is -0.489 e. The van der Waals surface area contributed by atoms with Crippen LogP contribution in [0.25, 0.3) is 0 Å². The maximum atomic E-state index is 5.96. The Morgan fingerprint density at radius 1 is 1.25 bits per heavy atom. The molecule has 1 aromatic rings. The molecule has 0 amide bonds. The van der Waals surface area contributed by atoms with E-state index in [1.165, 1.54) is 32.1 Å². The highest BCUT2D eigenvalue weighted by Crippen LogP contribution is 2.35. The molecule has 0 saturated carbocycles. The molecule has 90 valence electrons. The molecular weight excluding hydrogens is 220 g/mol. The van der Waals surface area contributed by atoms with Gasteiger partial charge < -0.3 is 9.47 Å². The summed E-state index contributed by atoms with van der Waals surface area (Å²) in [5.74, 6) is 1.88. The summed E-state index contributed by atoms with van der Waals surface area (Å²) < 4.78 is 11.6. The van der Waals surface area contributed by atoms with E-state index in [4.69, 9.17) is 9.47 Å². The van der Waals surface area contributed by atoms with Crippen LogP contribution in [-0.4, -0.2) is 12.7 Å². The summed E-state index contributed by atoms with van der Waals surface area (Å²) in [5, 5.41) is 4.06. The second-order valence-electron chi connectivity index (χ2n) is 4.33. The van der Waals surface area contributed by atoms with E-state index >= 15 is 0 Å². The van der Waals surface area contributed by atoms with Crippen molar-refractivity contribution in [1.82, 2.24) is 0 Å². The lowest BCUT2D eigenvalue weighted by atomic mass is 10.1. The van der Waals surface area contributed by atoms with E-state index < -0.39 is 0 Å². The zero-order chi connectivity index (χ0) is 11.2. The summed E-state index contributed by atoms with van der Waals surface area (Å²) in [4.78, 5) is 0. The standard InChI is InChI=1S/C13H20O2S/c1-2-3-4-5-6-11-7-8-14-12-9-16-10-13(12)15-11/h9-11H,2-8H2,1H3. The first kappa shape index (κ1) is 11.8. The maximum absolute atomic E-state index is 5.96. The van der Waals surface area contributed by atoms with Crippen LogP contribution in [0.2, 0.25) is 0 Å². The molecule has 0 aromatic carbocycles. The zero-order valence-electron chi connectivity index (χ0n) is 9.91. The van der Waals surface area contributed by atoms with E-state index in [0.717, 1.165) is 24.5 Å². The van der Waals surface area contributed by atoms with Gasteiger partial charge >= 0.3 is 0 Å². The monoisotopic (exact) mass is 240 g/mol. The average Bonchev–Trinajstić information content (AvgIpc) is 2.63. The second kappa shape index (κ2) is 6.14.